The van der Waals surface area contributed by atoms with Gasteiger partial charge in [-0.1, -0.05) is 12.8 Å². The van der Waals surface area contributed by atoms with Crippen LogP contribution >= 0.6 is 0 Å². The molecule has 0 aromatic heterocycles. The van der Waals surface area contributed by atoms with Gasteiger partial charge in [-0.3, -0.25) is 9.59 Å². The van der Waals surface area contributed by atoms with Crippen LogP contribution in [0.4, 0.5) is 0 Å². The van der Waals surface area contributed by atoms with Crippen LogP contribution in [0.5, 0.6) is 0 Å². The van der Waals surface area contributed by atoms with Crippen molar-refractivity contribution >= 4 is 11.7 Å². The predicted molar refractivity (Wildman–Crippen MR) is 51.6 cm³/mol. The zero-order valence-corrected chi connectivity index (χ0v) is 8.24. The van der Waals surface area contributed by atoms with E-state index in [1.54, 1.807) is 4.90 Å². The van der Waals surface area contributed by atoms with Crippen molar-refractivity contribution in [1.29, 1.82) is 0 Å². The first-order chi connectivity index (χ1) is 6.68. The van der Waals surface area contributed by atoms with E-state index in [0.717, 1.165) is 25.7 Å². The number of amides is 1. The van der Waals surface area contributed by atoms with Gasteiger partial charge >= 0.3 is 0 Å². The van der Waals surface area contributed by atoms with Crippen molar-refractivity contribution in [3.8, 4) is 0 Å². The van der Waals surface area contributed by atoms with Gasteiger partial charge in [0, 0.05) is 12.1 Å². The highest BCUT2D eigenvalue weighted by Crippen LogP contribution is 2.24. The van der Waals surface area contributed by atoms with Crippen molar-refractivity contribution in [3.05, 3.63) is 0 Å². The van der Waals surface area contributed by atoms with Crippen LogP contribution in [0.1, 0.15) is 32.1 Å². The largest absolute Gasteiger partial charge is 0.330 e. The number of carbonyl (C=O) groups excluding carboxylic acids is 2. The predicted octanol–water partition coefficient (Wildman–Crippen LogP) is 0.0577. The maximum atomic E-state index is 11.5. The quantitative estimate of drug-likeness (QED) is 0.603. The molecule has 4 nitrogen and oxygen atoms in total. The second-order valence-electron chi connectivity index (χ2n) is 4.25. The van der Waals surface area contributed by atoms with Gasteiger partial charge in [0.05, 0.1) is 13.0 Å². The van der Waals surface area contributed by atoms with Gasteiger partial charge in [-0.15, -0.1) is 0 Å². The Hall–Kier alpha value is -0.900. The number of nitrogens with two attached hydrogens (primary N) is 1. The molecule has 0 aromatic carbocycles. The molecule has 2 N–H and O–H groups in total. The Labute approximate surface area is 83.4 Å². The molecule has 1 amide bonds. The summed E-state index contributed by atoms with van der Waals surface area (Å²) in [5.74, 6) is 0.00474. The van der Waals surface area contributed by atoms with Crippen LogP contribution in [0.15, 0.2) is 0 Å². The van der Waals surface area contributed by atoms with E-state index in [2.05, 4.69) is 0 Å². The third-order valence-electron chi connectivity index (χ3n) is 3.20. The van der Waals surface area contributed by atoms with E-state index in [-0.39, 0.29) is 36.7 Å². The molecule has 78 valence electrons. The minimum Gasteiger partial charge on any atom is -0.330 e. The van der Waals surface area contributed by atoms with E-state index < -0.39 is 0 Å². The van der Waals surface area contributed by atoms with E-state index in [1.165, 1.54) is 0 Å². The smallest absolute Gasteiger partial charge is 0.230 e. The van der Waals surface area contributed by atoms with Crippen molar-refractivity contribution in [2.75, 3.05) is 6.54 Å². The second-order valence-corrected chi connectivity index (χ2v) is 4.25. The highest BCUT2D eigenvalue weighted by molar-refractivity contribution is 6.05. The van der Waals surface area contributed by atoms with Gasteiger partial charge in [0.1, 0.15) is 0 Å². The Morgan fingerprint density at radius 1 is 1.21 bits per heavy atom. The van der Waals surface area contributed by atoms with Gasteiger partial charge < -0.3 is 10.6 Å². The maximum Gasteiger partial charge on any atom is 0.230 e. The summed E-state index contributed by atoms with van der Waals surface area (Å²) in [6.45, 7) is 0.289. The fourth-order valence-corrected chi connectivity index (χ4v) is 2.43. The molecular formula is C10H16N2O2. The summed E-state index contributed by atoms with van der Waals surface area (Å²) in [4.78, 5) is 24.3. The van der Waals surface area contributed by atoms with Crippen molar-refractivity contribution < 1.29 is 9.59 Å². The summed E-state index contributed by atoms with van der Waals surface area (Å²) in [5, 5.41) is 0. The number of rotatable bonds is 1. The second kappa shape index (κ2) is 3.69. The van der Waals surface area contributed by atoms with E-state index in [9.17, 15) is 9.59 Å². The topological polar surface area (TPSA) is 63.4 Å². The molecule has 0 spiro atoms. The van der Waals surface area contributed by atoms with Gasteiger partial charge in [-0.05, 0) is 12.8 Å². The average molecular weight is 196 g/mol. The minimum absolute atomic E-state index is 0.0302. The van der Waals surface area contributed by atoms with Crippen LogP contribution in [-0.4, -0.2) is 35.2 Å². The Balaban J connectivity index is 2.06. The molecule has 1 saturated heterocycles. The molecule has 14 heavy (non-hydrogen) atoms. The maximum absolute atomic E-state index is 11.5. The highest BCUT2D eigenvalue weighted by atomic mass is 16.2. The summed E-state index contributed by atoms with van der Waals surface area (Å²) in [7, 11) is 0. The zero-order valence-electron chi connectivity index (χ0n) is 8.24. The fraction of sp³-hybridized carbons (Fsp3) is 0.800. The van der Waals surface area contributed by atoms with Crippen LogP contribution in [0, 0.1) is 0 Å². The molecule has 1 heterocycles. The first-order valence-electron chi connectivity index (χ1n) is 5.25. The number of carbonyl (C=O) groups is 2. The van der Waals surface area contributed by atoms with Gasteiger partial charge in [-0.25, -0.2) is 0 Å². The molecule has 4 heteroatoms. The van der Waals surface area contributed by atoms with Crippen LogP contribution in [0.25, 0.3) is 0 Å². The van der Waals surface area contributed by atoms with Crippen LogP contribution < -0.4 is 5.73 Å². The summed E-state index contributed by atoms with van der Waals surface area (Å²) in [6, 6.07) is 0.182. The first-order valence-corrected chi connectivity index (χ1v) is 5.25. The lowest BCUT2D eigenvalue weighted by atomic mass is 9.90. The molecule has 0 unspecified atom stereocenters. The molecule has 1 aliphatic heterocycles. The standard InChI is InChI=1S/C10H16N2O2/c11-8-3-1-2-4-9(8)12-6-7(13)5-10(12)14/h8-9H,1-6,11H2/t8-,9+/m1/s1. The molecule has 0 radical (unpaired) electrons. The summed E-state index contributed by atoms with van der Waals surface area (Å²) in [5.41, 5.74) is 5.96. The lowest BCUT2D eigenvalue weighted by molar-refractivity contribution is -0.130. The number of Topliss-reactive ketones (excluding diaryl/α,β-unsaturated/α-hetero) is 1. The number of hydrogen-bond acceptors (Lipinski definition) is 3. The van der Waals surface area contributed by atoms with Gasteiger partial charge in [-0.2, -0.15) is 0 Å². The number of nitrogens with zero attached hydrogens (tertiary/aromatic N) is 1. The SMILES string of the molecule is N[C@@H]1CCCC[C@@H]1N1CC(=O)CC1=O. The van der Waals surface area contributed by atoms with E-state index in [4.69, 9.17) is 5.73 Å². The lowest BCUT2D eigenvalue weighted by Crippen LogP contribution is -2.50. The highest BCUT2D eigenvalue weighted by Gasteiger charge is 2.36. The van der Waals surface area contributed by atoms with Gasteiger partial charge in [0.25, 0.3) is 0 Å². The molecule has 2 fully saturated rings. The molecule has 2 aliphatic rings. The molecule has 0 bridgehead atoms. The number of likely N-dealkylation sites (tertiary alicyclic amines) is 1. The minimum atomic E-state index is -0.0302. The third-order valence-corrected chi connectivity index (χ3v) is 3.20. The monoisotopic (exact) mass is 196 g/mol. The number of hydrogen-bond donors (Lipinski definition) is 1. The summed E-state index contributed by atoms with van der Waals surface area (Å²) >= 11 is 0. The number of ketones is 1. The van der Waals surface area contributed by atoms with E-state index in [1.807, 2.05) is 0 Å². The van der Waals surface area contributed by atoms with Crippen LogP contribution in [0.2, 0.25) is 0 Å². The lowest BCUT2D eigenvalue weighted by Gasteiger charge is -2.35. The van der Waals surface area contributed by atoms with Crippen molar-refractivity contribution in [2.24, 2.45) is 5.73 Å². The Kier molecular flexibility index (Phi) is 2.54. The van der Waals surface area contributed by atoms with Gasteiger partial charge in [0.15, 0.2) is 5.78 Å². The van der Waals surface area contributed by atoms with Crippen molar-refractivity contribution in [1.82, 2.24) is 4.90 Å². The molecule has 2 rings (SSSR count). The van der Waals surface area contributed by atoms with Crippen LogP contribution in [0.3, 0.4) is 0 Å². The Morgan fingerprint density at radius 2 is 1.93 bits per heavy atom. The average Bonchev–Trinajstić information content (AvgIpc) is 2.46. The molecular weight excluding hydrogens is 180 g/mol. The Bertz CT molecular complexity index is 265. The first kappa shape index (κ1) is 9.65. The van der Waals surface area contributed by atoms with Crippen molar-refractivity contribution in [3.63, 3.8) is 0 Å². The van der Waals surface area contributed by atoms with Crippen LogP contribution in [-0.2, 0) is 9.59 Å². The molecule has 1 saturated carbocycles. The normalized spacial score (nSPS) is 33.9. The Morgan fingerprint density at radius 3 is 2.50 bits per heavy atom. The molecule has 2 atom stereocenters. The van der Waals surface area contributed by atoms with Gasteiger partial charge in [0.2, 0.25) is 5.91 Å². The molecule has 1 aliphatic carbocycles. The van der Waals surface area contributed by atoms with Crippen molar-refractivity contribution in [2.45, 2.75) is 44.2 Å². The molecule has 0 aromatic rings. The van der Waals surface area contributed by atoms with E-state index in [0.29, 0.717) is 0 Å². The zero-order chi connectivity index (χ0) is 10.1. The van der Waals surface area contributed by atoms with E-state index >= 15 is 0 Å². The fourth-order valence-electron chi connectivity index (χ4n) is 2.43. The summed E-state index contributed by atoms with van der Waals surface area (Å²) in [6.07, 6.45) is 4.29. The third kappa shape index (κ3) is 1.66. The summed E-state index contributed by atoms with van der Waals surface area (Å²) < 4.78 is 0.